The van der Waals surface area contributed by atoms with Gasteiger partial charge in [0.15, 0.2) is 0 Å². The molecule has 0 unspecified atom stereocenters. The van der Waals surface area contributed by atoms with E-state index in [1.54, 1.807) is 0 Å². The first-order valence-electron chi connectivity index (χ1n) is 3.72. The largest absolute Gasteiger partial charge is 0.443 e. The average molecular weight is 158 g/mol. The number of terminal acetylenes is 1. The first-order valence-corrected chi connectivity index (χ1v) is 3.72. The van der Waals surface area contributed by atoms with Crippen LogP contribution in [0.5, 0.6) is 0 Å². The summed E-state index contributed by atoms with van der Waals surface area (Å²) in [6.45, 7) is 0.464. The number of ether oxygens (including phenoxy) is 1. The molecule has 0 saturated carbocycles. The highest BCUT2D eigenvalue weighted by Gasteiger charge is 1.81. The lowest BCUT2D eigenvalue weighted by molar-refractivity contribution is 0.322. The zero-order valence-electron chi connectivity index (χ0n) is 6.73. The molecule has 0 atom stereocenters. The van der Waals surface area contributed by atoms with Crippen molar-refractivity contribution < 1.29 is 4.74 Å². The second kappa shape index (κ2) is 5.03. The molecule has 0 amide bonds. The molecule has 1 aromatic carbocycles. The molecule has 0 aromatic heterocycles. The Kier molecular flexibility index (Phi) is 3.53. The van der Waals surface area contributed by atoms with Crippen LogP contribution in [-0.4, -0.2) is 6.61 Å². The van der Waals surface area contributed by atoms with Gasteiger partial charge in [0, 0.05) is 0 Å². The highest BCUT2D eigenvalue weighted by Crippen LogP contribution is 2.00. The van der Waals surface area contributed by atoms with Crippen LogP contribution in [0.2, 0.25) is 0 Å². The Bertz CT molecular complexity index is 280. The molecule has 0 aliphatic heterocycles. The number of benzene rings is 1. The molecule has 0 radical (unpaired) electrons. The third kappa shape index (κ3) is 2.94. The van der Waals surface area contributed by atoms with Crippen molar-refractivity contribution in [1.82, 2.24) is 0 Å². The lowest BCUT2D eigenvalue weighted by Crippen LogP contribution is -1.79. The minimum atomic E-state index is 0.464. The van der Waals surface area contributed by atoms with E-state index < -0.39 is 0 Å². The first-order chi connectivity index (χ1) is 5.93. The third-order valence-electron chi connectivity index (χ3n) is 1.37. The van der Waals surface area contributed by atoms with Crippen molar-refractivity contribution in [2.75, 3.05) is 6.61 Å². The quantitative estimate of drug-likeness (QED) is 0.484. The fourth-order valence-corrected chi connectivity index (χ4v) is 0.845. The molecule has 12 heavy (non-hydrogen) atoms. The van der Waals surface area contributed by atoms with Crippen molar-refractivity contribution in [3.05, 3.63) is 42.0 Å². The Hall–Kier alpha value is -1.68. The van der Waals surface area contributed by atoms with Gasteiger partial charge in [-0.1, -0.05) is 42.8 Å². The average Bonchev–Trinajstić information content (AvgIpc) is 2.14. The predicted molar refractivity (Wildman–Crippen MR) is 50.3 cm³/mol. The van der Waals surface area contributed by atoms with Gasteiger partial charge in [-0.15, -0.1) is 0 Å². The van der Waals surface area contributed by atoms with Gasteiger partial charge in [0.25, 0.3) is 0 Å². The van der Waals surface area contributed by atoms with E-state index >= 15 is 0 Å². The lowest BCUT2D eigenvalue weighted by atomic mass is 10.2. The molecule has 0 N–H and O–H groups in total. The van der Waals surface area contributed by atoms with Crippen LogP contribution in [0, 0.1) is 12.5 Å². The molecule has 0 fully saturated rings. The van der Waals surface area contributed by atoms with Gasteiger partial charge in [0.1, 0.15) is 12.7 Å². The standard InChI is InChI=1S/C11H10O/c1-2-12-10-6-9-11-7-4-3-5-8-11/h1,3-9H,10H2/b9-6+. The fraction of sp³-hybridized carbons (Fsp3) is 0.0909. The van der Waals surface area contributed by atoms with Gasteiger partial charge in [0.2, 0.25) is 0 Å². The second-order valence-electron chi connectivity index (χ2n) is 2.24. The van der Waals surface area contributed by atoms with E-state index in [1.165, 1.54) is 0 Å². The molecule has 1 nitrogen and oxygen atoms in total. The van der Waals surface area contributed by atoms with Crippen LogP contribution in [0.3, 0.4) is 0 Å². The maximum atomic E-state index is 4.90. The number of rotatable bonds is 3. The van der Waals surface area contributed by atoms with Crippen LogP contribution in [0.15, 0.2) is 36.4 Å². The van der Waals surface area contributed by atoms with E-state index in [-0.39, 0.29) is 0 Å². The minimum Gasteiger partial charge on any atom is -0.443 e. The van der Waals surface area contributed by atoms with Crippen molar-refractivity contribution in [1.29, 1.82) is 0 Å². The van der Waals surface area contributed by atoms with Gasteiger partial charge < -0.3 is 4.74 Å². The van der Waals surface area contributed by atoms with Crippen LogP contribution in [0.1, 0.15) is 5.56 Å². The van der Waals surface area contributed by atoms with Crippen LogP contribution in [-0.2, 0) is 4.74 Å². The summed E-state index contributed by atoms with van der Waals surface area (Å²) in [4.78, 5) is 0. The van der Waals surface area contributed by atoms with E-state index in [0.717, 1.165) is 5.56 Å². The molecular weight excluding hydrogens is 148 g/mol. The van der Waals surface area contributed by atoms with Crippen molar-refractivity contribution >= 4 is 6.08 Å². The van der Waals surface area contributed by atoms with Gasteiger partial charge in [-0.25, -0.2) is 0 Å². The summed E-state index contributed by atoms with van der Waals surface area (Å²) in [5.74, 6) is 0. The van der Waals surface area contributed by atoms with E-state index in [0.29, 0.717) is 6.61 Å². The van der Waals surface area contributed by atoms with Crippen LogP contribution < -0.4 is 0 Å². The summed E-state index contributed by atoms with van der Waals surface area (Å²) < 4.78 is 4.70. The maximum Gasteiger partial charge on any atom is 0.119 e. The van der Waals surface area contributed by atoms with Crippen LogP contribution in [0.4, 0.5) is 0 Å². The summed E-state index contributed by atoms with van der Waals surface area (Å²) in [6, 6.07) is 10.00. The SMILES string of the molecule is C#COC/C=C/c1ccccc1. The first kappa shape index (κ1) is 8.42. The molecule has 0 aliphatic rings. The summed E-state index contributed by atoms with van der Waals surface area (Å²) in [5, 5.41) is 0. The topological polar surface area (TPSA) is 9.23 Å². The van der Waals surface area contributed by atoms with Crippen molar-refractivity contribution in [3.63, 3.8) is 0 Å². The molecule has 0 spiro atoms. The fourth-order valence-electron chi connectivity index (χ4n) is 0.845. The molecule has 1 rings (SSSR count). The number of hydrogen-bond acceptors (Lipinski definition) is 1. The van der Waals surface area contributed by atoms with E-state index in [9.17, 15) is 0 Å². The van der Waals surface area contributed by atoms with Gasteiger partial charge >= 0.3 is 0 Å². The van der Waals surface area contributed by atoms with Crippen molar-refractivity contribution in [2.45, 2.75) is 0 Å². The molecule has 0 heterocycles. The van der Waals surface area contributed by atoms with Crippen LogP contribution in [0.25, 0.3) is 6.08 Å². The molecule has 1 heteroatoms. The monoisotopic (exact) mass is 158 g/mol. The molecule has 0 aliphatic carbocycles. The Balaban J connectivity index is 2.43. The molecule has 60 valence electrons. The van der Waals surface area contributed by atoms with E-state index in [4.69, 9.17) is 11.2 Å². The summed E-state index contributed by atoms with van der Waals surface area (Å²) in [5.41, 5.74) is 1.15. The third-order valence-corrected chi connectivity index (χ3v) is 1.37. The highest BCUT2D eigenvalue weighted by atomic mass is 16.5. The Morgan fingerprint density at radius 3 is 2.75 bits per heavy atom. The lowest BCUT2D eigenvalue weighted by Gasteiger charge is -1.91. The van der Waals surface area contributed by atoms with Gasteiger partial charge in [0.05, 0.1) is 0 Å². The van der Waals surface area contributed by atoms with Crippen molar-refractivity contribution in [2.24, 2.45) is 0 Å². The summed E-state index contributed by atoms with van der Waals surface area (Å²) >= 11 is 0. The zero-order valence-corrected chi connectivity index (χ0v) is 6.73. The summed E-state index contributed by atoms with van der Waals surface area (Å²) in [6.07, 6.45) is 10.9. The second-order valence-corrected chi connectivity index (χ2v) is 2.24. The Morgan fingerprint density at radius 2 is 2.08 bits per heavy atom. The maximum absolute atomic E-state index is 4.90. The highest BCUT2D eigenvalue weighted by molar-refractivity contribution is 5.48. The molecule has 0 saturated heterocycles. The zero-order chi connectivity index (χ0) is 8.65. The summed E-state index contributed by atoms with van der Waals surface area (Å²) in [7, 11) is 0. The minimum absolute atomic E-state index is 0.464. The van der Waals surface area contributed by atoms with Gasteiger partial charge in [-0.05, 0) is 11.6 Å². The van der Waals surface area contributed by atoms with E-state index in [2.05, 4.69) is 6.11 Å². The van der Waals surface area contributed by atoms with Gasteiger partial charge in [-0.2, -0.15) is 0 Å². The smallest absolute Gasteiger partial charge is 0.119 e. The Labute approximate surface area is 72.7 Å². The van der Waals surface area contributed by atoms with E-state index in [1.807, 2.05) is 42.5 Å². The predicted octanol–water partition coefficient (Wildman–Crippen LogP) is 2.31. The number of hydrogen-bond donors (Lipinski definition) is 0. The molecule has 1 aromatic rings. The van der Waals surface area contributed by atoms with Crippen molar-refractivity contribution in [3.8, 4) is 12.5 Å². The molecular formula is C11H10O. The normalized spacial score (nSPS) is 9.58. The molecule has 0 bridgehead atoms. The Morgan fingerprint density at radius 1 is 1.33 bits per heavy atom. The van der Waals surface area contributed by atoms with Crippen LogP contribution >= 0.6 is 0 Å². The van der Waals surface area contributed by atoms with Gasteiger partial charge in [-0.3, -0.25) is 0 Å².